The summed E-state index contributed by atoms with van der Waals surface area (Å²) >= 11 is 5.88. The van der Waals surface area contributed by atoms with E-state index in [9.17, 15) is 18.8 Å². The molecule has 26 heavy (non-hydrogen) atoms. The van der Waals surface area contributed by atoms with Crippen LogP contribution in [0.3, 0.4) is 0 Å². The first-order valence-electron chi connectivity index (χ1n) is 7.44. The number of hydrazine groups is 1. The minimum Gasteiger partial charge on any atom is -0.484 e. The summed E-state index contributed by atoms with van der Waals surface area (Å²) in [5.41, 5.74) is 4.48. The van der Waals surface area contributed by atoms with Crippen LogP contribution in [-0.2, 0) is 9.59 Å². The van der Waals surface area contributed by atoms with Gasteiger partial charge in [0.25, 0.3) is 17.7 Å². The number of ether oxygens (including phenoxy) is 1. The van der Waals surface area contributed by atoms with Crippen molar-refractivity contribution in [3.05, 3.63) is 64.9 Å². The lowest BCUT2D eigenvalue weighted by Crippen LogP contribution is -2.47. The molecule has 9 heteroatoms. The molecule has 2 rings (SSSR count). The van der Waals surface area contributed by atoms with Crippen molar-refractivity contribution < 1.29 is 23.5 Å². The first kappa shape index (κ1) is 19.2. The van der Waals surface area contributed by atoms with Crippen molar-refractivity contribution in [2.45, 2.75) is 0 Å². The second-order valence-electron chi connectivity index (χ2n) is 5.00. The second-order valence-corrected chi connectivity index (χ2v) is 5.41. The number of carbonyl (C=O) groups is 3. The van der Waals surface area contributed by atoms with E-state index in [1.807, 2.05) is 0 Å². The molecule has 0 saturated carbocycles. The SMILES string of the molecule is O=C(CNC(=O)c1ccccc1Cl)NNC(=O)COc1ccc(F)cc1. The third kappa shape index (κ3) is 6.06. The third-order valence-electron chi connectivity index (χ3n) is 3.05. The topological polar surface area (TPSA) is 96.5 Å². The molecule has 0 fully saturated rings. The van der Waals surface area contributed by atoms with E-state index in [-0.39, 0.29) is 23.7 Å². The average Bonchev–Trinajstić information content (AvgIpc) is 2.64. The quantitative estimate of drug-likeness (QED) is 0.662. The van der Waals surface area contributed by atoms with Crippen molar-refractivity contribution in [3.63, 3.8) is 0 Å². The van der Waals surface area contributed by atoms with E-state index in [1.165, 1.54) is 30.3 Å². The van der Waals surface area contributed by atoms with Crippen LogP contribution in [0, 0.1) is 5.82 Å². The number of halogens is 2. The fraction of sp³-hybridized carbons (Fsp3) is 0.118. The van der Waals surface area contributed by atoms with Gasteiger partial charge in [-0.2, -0.15) is 0 Å². The van der Waals surface area contributed by atoms with Gasteiger partial charge in [0.15, 0.2) is 6.61 Å². The zero-order chi connectivity index (χ0) is 18.9. The Morgan fingerprint density at radius 2 is 1.62 bits per heavy atom. The van der Waals surface area contributed by atoms with Gasteiger partial charge < -0.3 is 10.1 Å². The van der Waals surface area contributed by atoms with Crippen LogP contribution in [0.25, 0.3) is 0 Å². The highest BCUT2D eigenvalue weighted by atomic mass is 35.5. The summed E-state index contributed by atoms with van der Waals surface area (Å²) in [7, 11) is 0. The second kappa shape index (κ2) is 9.38. The lowest BCUT2D eigenvalue weighted by molar-refractivity contribution is -0.129. The number of hydrogen-bond acceptors (Lipinski definition) is 4. The Kier molecular flexibility index (Phi) is 6.92. The van der Waals surface area contributed by atoms with Crippen molar-refractivity contribution in [2.75, 3.05) is 13.2 Å². The maximum absolute atomic E-state index is 12.7. The van der Waals surface area contributed by atoms with Crippen LogP contribution in [0.15, 0.2) is 48.5 Å². The number of rotatable bonds is 6. The van der Waals surface area contributed by atoms with Crippen molar-refractivity contribution >= 4 is 29.3 Å². The van der Waals surface area contributed by atoms with E-state index >= 15 is 0 Å². The molecule has 0 spiro atoms. The van der Waals surface area contributed by atoms with Gasteiger partial charge in [-0.25, -0.2) is 4.39 Å². The van der Waals surface area contributed by atoms with E-state index < -0.39 is 23.5 Å². The molecule has 3 N–H and O–H groups in total. The van der Waals surface area contributed by atoms with Crippen LogP contribution in [0.1, 0.15) is 10.4 Å². The summed E-state index contributed by atoms with van der Waals surface area (Å²) in [5, 5.41) is 2.63. The molecule has 2 aromatic carbocycles. The Bertz CT molecular complexity index is 799. The highest BCUT2D eigenvalue weighted by Gasteiger charge is 2.11. The average molecular weight is 380 g/mol. The fourth-order valence-corrected chi connectivity index (χ4v) is 2.02. The number of hydrogen-bond donors (Lipinski definition) is 3. The highest BCUT2D eigenvalue weighted by Crippen LogP contribution is 2.14. The van der Waals surface area contributed by atoms with Crippen molar-refractivity contribution in [1.82, 2.24) is 16.2 Å². The predicted octanol–water partition coefficient (Wildman–Crippen LogP) is 1.44. The minimum atomic E-state index is -0.638. The van der Waals surface area contributed by atoms with Gasteiger partial charge in [0.05, 0.1) is 17.1 Å². The molecule has 0 unspecified atom stereocenters. The van der Waals surface area contributed by atoms with Gasteiger partial charge in [-0.05, 0) is 36.4 Å². The number of nitrogens with one attached hydrogen (secondary N) is 3. The molecule has 0 heterocycles. The summed E-state index contributed by atoms with van der Waals surface area (Å²) in [6.07, 6.45) is 0. The molecule has 0 atom stereocenters. The maximum Gasteiger partial charge on any atom is 0.276 e. The molecule has 3 amide bonds. The predicted molar refractivity (Wildman–Crippen MR) is 92.0 cm³/mol. The number of amides is 3. The third-order valence-corrected chi connectivity index (χ3v) is 3.38. The molecule has 0 bridgehead atoms. The standard InChI is InChI=1S/C17H15ClFN3O4/c18-14-4-2-1-3-13(14)17(25)20-9-15(23)21-22-16(24)10-26-12-7-5-11(19)6-8-12/h1-8H,9-10H2,(H,20,25)(H,21,23)(H,22,24). The van der Waals surface area contributed by atoms with E-state index in [0.717, 1.165) is 0 Å². The van der Waals surface area contributed by atoms with Crippen LogP contribution >= 0.6 is 11.6 Å². The molecular weight excluding hydrogens is 365 g/mol. The fourth-order valence-electron chi connectivity index (χ4n) is 1.80. The Hall–Kier alpha value is -3.13. The Morgan fingerprint density at radius 3 is 2.31 bits per heavy atom. The molecule has 0 aliphatic rings. The minimum absolute atomic E-state index is 0.235. The van der Waals surface area contributed by atoms with Crippen LogP contribution in [0.2, 0.25) is 5.02 Å². The molecule has 2 aromatic rings. The molecule has 0 aromatic heterocycles. The first-order valence-corrected chi connectivity index (χ1v) is 7.82. The summed E-state index contributed by atoms with van der Waals surface area (Å²) in [5.74, 6) is -1.90. The van der Waals surface area contributed by atoms with Crippen LogP contribution < -0.4 is 20.9 Å². The van der Waals surface area contributed by atoms with Gasteiger partial charge in [0, 0.05) is 0 Å². The monoisotopic (exact) mass is 379 g/mol. The molecule has 0 saturated heterocycles. The number of benzene rings is 2. The van der Waals surface area contributed by atoms with Crippen LogP contribution in [-0.4, -0.2) is 30.9 Å². The van der Waals surface area contributed by atoms with Crippen LogP contribution in [0.4, 0.5) is 4.39 Å². The lowest BCUT2D eigenvalue weighted by Gasteiger charge is -2.10. The maximum atomic E-state index is 12.7. The van der Waals surface area contributed by atoms with E-state index in [0.29, 0.717) is 5.75 Å². The van der Waals surface area contributed by atoms with Gasteiger partial charge in [0.2, 0.25) is 0 Å². The van der Waals surface area contributed by atoms with Gasteiger partial charge >= 0.3 is 0 Å². The highest BCUT2D eigenvalue weighted by molar-refractivity contribution is 6.33. The molecule has 0 aliphatic heterocycles. The summed E-state index contributed by atoms with van der Waals surface area (Å²) in [4.78, 5) is 35.1. The summed E-state index contributed by atoms with van der Waals surface area (Å²) in [6.45, 7) is -0.735. The molecular formula is C17H15ClFN3O4. The Balaban J connectivity index is 1.68. The van der Waals surface area contributed by atoms with E-state index in [4.69, 9.17) is 16.3 Å². The van der Waals surface area contributed by atoms with E-state index in [2.05, 4.69) is 16.2 Å². The van der Waals surface area contributed by atoms with E-state index in [1.54, 1.807) is 18.2 Å². The summed E-state index contributed by atoms with van der Waals surface area (Å²) < 4.78 is 17.8. The lowest BCUT2D eigenvalue weighted by atomic mass is 10.2. The van der Waals surface area contributed by atoms with Gasteiger partial charge in [0.1, 0.15) is 11.6 Å². The molecule has 7 nitrogen and oxygen atoms in total. The Labute approximate surface area is 153 Å². The van der Waals surface area contributed by atoms with Crippen LogP contribution in [0.5, 0.6) is 5.75 Å². The zero-order valence-electron chi connectivity index (χ0n) is 13.4. The van der Waals surface area contributed by atoms with Gasteiger partial charge in [-0.3, -0.25) is 25.2 Å². The largest absolute Gasteiger partial charge is 0.484 e. The van der Waals surface area contributed by atoms with Gasteiger partial charge in [-0.15, -0.1) is 0 Å². The molecule has 0 radical (unpaired) electrons. The Morgan fingerprint density at radius 1 is 0.962 bits per heavy atom. The van der Waals surface area contributed by atoms with Crippen molar-refractivity contribution in [1.29, 1.82) is 0 Å². The molecule has 0 aliphatic carbocycles. The summed E-state index contributed by atoms with van der Waals surface area (Å²) in [6, 6.07) is 11.5. The smallest absolute Gasteiger partial charge is 0.276 e. The van der Waals surface area contributed by atoms with Crippen molar-refractivity contribution in [3.8, 4) is 5.75 Å². The van der Waals surface area contributed by atoms with Gasteiger partial charge in [-0.1, -0.05) is 23.7 Å². The zero-order valence-corrected chi connectivity index (χ0v) is 14.2. The number of carbonyl (C=O) groups excluding carboxylic acids is 3. The van der Waals surface area contributed by atoms with Crippen molar-refractivity contribution in [2.24, 2.45) is 0 Å². The normalized spacial score (nSPS) is 9.92. The molecule has 136 valence electrons. The first-order chi connectivity index (χ1) is 12.5.